The number of likely N-dealkylation sites (N-methyl/N-ethyl adjacent to an activating group) is 1. The summed E-state index contributed by atoms with van der Waals surface area (Å²) in [5.74, 6) is -0.0543. The molecule has 0 aliphatic rings. The SMILES string of the molecule is Cc1ccc(C(=O)NCC(c2ccccc2Cl)N(C)C)c(C)c1. The van der Waals surface area contributed by atoms with E-state index >= 15 is 0 Å². The summed E-state index contributed by atoms with van der Waals surface area (Å²) in [6.07, 6.45) is 0. The molecular weight excluding hydrogens is 308 g/mol. The maximum Gasteiger partial charge on any atom is 0.251 e. The molecule has 4 heteroatoms. The van der Waals surface area contributed by atoms with Crippen molar-refractivity contribution in [3.8, 4) is 0 Å². The van der Waals surface area contributed by atoms with Crippen LogP contribution in [0.2, 0.25) is 5.02 Å². The highest BCUT2D eigenvalue weighted by molar-refractivity contribution is 6.31. The molecule has 0 fully saturated rings. The van der Waals surface area contributed by atoms with Crippen molar-refractivity contribution in [2.45, 2.75) is 19.9 Å². The van der Waals surface area contributed by atoms with Gasteiger partial charge in [-0.2, -0.15) is 0 Å². The Bertz CT molecular complexity index is 698. The molecule has 0 heterocycles. The predicted octanol–water partition coefficient (Wildman–Crippen LogP) is 3.99. The highest BCUT2D eigenvalue weighted by Gasteiger charge is 2.18. The van der Waals surface area contributed by atoms with E-state index in [9.17, 15) is 4.79 Å². The Morgan fingerprint density at radius 2 is 1.87 bits per heavy atom. The van der Waals surface area contributed by atoms with Crippen LogP contribution in [0.4, 0.5) is 0 Å². The van der Waals surface area contributed by atoms with E-state index in [1.807, 2.05) is 70.4 Å². The fourth-order valence-corrected chi connectivity index (χ4v) is 2.93. The van der Waals surface area contributed by atoms with Crippen molar-refractivity contribution >= 4 is 17.5 Å². The van der Waals surface area contributed by atoms with Gasteiger partial charge in [-0.1, -0.05) is 47.5 Å². The average molecular weight is 331 g/mol. The number of nitrogens with one attached hydrogen (secondary N) is 1. The van der Waals surface area contributed by atoms with E-state index < -0.39 is 0 Å². The zero-order chi connectivity index (χ0) is 17.0. The number of carbonyl (C=O) groups is 1. The molecule has 23 heavy (non-hydrogen) atoms. The van der Waals surface area contributed by atoms with Crippen molar-refractivity contribution in [1.82, 2.24) is 10.2 Å². The molecule has 1 N–H and O–H groups in total. The van der Waals surface area contributed by atoms with Crippen molar-refractivity contribution in [2.75, 3.05) is 20.6 Å². The largest absolute Gasteiger partial charge is 0.350 e. The minimum atomic E-state index is -0.0543. The molecule has 1 unspecified atom stereocenters. The first-order chi connectivity index (χ1) is 10.9. The van der Waals surface area contributed by atoms with Crippen LogP contribution in [0.5, 0.6) is 0 Å². The third kappa shape index (κ3) is 4.34. The lowest BCUT2D eigenvalue weighted by Gasteiger charge is -2.26. The molecule has 122 valence electrons. The fourth-order valence-electron chi connectivity index (χ4n) is 2.67. The summed E-state index contributed by atoms with van der Waals surface area (Å²) in [6, 6.07) is 13.6. The van der Waals surface area contributed by atoms with E-state index in [0.717, 1.165) is 16.7 Å². The molecule has 2 aromatic carbocycles. The van der Waals surface area contributed by atoms with Crippen LogP contribution in [-0.4, -0.2) is 31.4 Å². The molecule has 0 radical (unpaired) electrons. The van der Waals surface area contributed by atoms with Gasteiger partial charge in [0.2, 0.25) is 0 Å². The van der Waals surface area contributed by atoms with Gasteiger partial charge in [0.1, 0.15) is 0 Å². The molecule has 0 aliphatic heterocycles. The molecule has 0 spiro atoms. The number of amides is 1. The number of rotatable bonds is 5. The lowest BCUT2D eigenvalue weighted by molar-refractivity contribution is 0.0941. The Kier molecular flexibility index (Phi) is 5.80. The molecular formula is C19H23ClN2O. The first-order valence-corrected chi connectivity index (χ1v) is 8.04. The number of halogens is 1. The van der Waals surface area contributed by atoms with Crippen LogP contribution in [-0.2, 0) is 0 Å². The number of nitrogens with zero attached hydrogens (tertiary/aromatic N) is 1. The van der Waals surface area contributed by atoms with Crippen LogP contribution in [0, 0.1) is 13.8 Å². The maximum atomic E-state index is 12.5. The Balaban J connectivity index is 2.13. The molecule has 2 aromatic rings. The lowest BCUT2D eigenvalue weighted by Crippen LogP contribution is -2.35. The van der Waals surface area contributed by atoms with Gasteiger partial charge < -0.3 is 10.2 Å². The van der Waals surface area contributed by atoms with Crippen LogP contribution in [0.3, 0.4) is 0 Å². The normalized spacial score (nSPS) is 12.3. The molecule has 0 aromatic heterocycles. The third-order valence-corrected chi connectivity index (χ3v) is 4.31. The lowest BCUT2D eigenvalue weighted by atomic mass is 10.0. The monoisotopic (exact) mass is 330 g/mol. The van der Waals surface area contributed by atoms with Crippen LogP contribution < -0.4 is 5.32 Å². The summed E-state index contributed by atoms with van der Waals surface area (Å²) in [4.78, 5) is 14.5. The first-order valence-electron chi connectivity index (χ1n) is 7.66. The van der Waals surface area contributed by atoms with Crippen LogP contribution in [0.15, 0.2) is 42.5 Å². The Labute approximate surface area is 143 Å². The zero-order valence-electron chi connectivity index (χ0n) is 14.1. The van der Waals surface area contributed by atoms with E-state index in [4.69, 9.17) is 11.6 Å². The minimum Gasteiger partial charge on any atom is -0.350 e. The standard InChI is InChI=1S/C19H23ClN2O/c1-13-9-10-15(14(2)11-13)19(23)21-12-18(22(3)4)16-7-5-6-8-17(16)20/h5-11,18H,12H2,1-4H3,(H,21,23). The van der Waals surface area contributed by atoms with Gasteiger partial charge in [0.15, 0.2) is 0 Å². The smallest absolute Gasteiger partial charge is 0.251 e. The number of benzene rings is 2. The van der Waals surface area contributed by atoms with Crippen LogP contribution >= 0.6 is 11.6 Å². The van der Waals surface area contributed by atoms with E-state index in [2.05, 4.69) is 10.2 Å². The van der Waals surface area contributed by atoms with Crippen molar-refractivity contribution in [1.29, 1.82) is 0 Å². The first kappa shape index (κ1) is 17.5. The summed E-state index contributed by atoms with van der Waals surface area (Å²) in [5, 5.41) is 3.74. The summed E-state index contributed by atoms with van der Waals surface area (Å²) in [5.41, 5.74) is 3.87. The van der Waals surface area contributed by atoms with Gasteiger partial charge in [0.25, 0.3) is 5.91 Å². The molecule has 0 aliphatic carbocycles. The summed E-state index contributed by atoms with van der Waals surface area (Å²) < 4.78 is 0. The quantitative estimate of drug-likeness (QED) is 0.899. The van der Waals surface area contributed by atoms with Gasteiger partial charge in [-0.05, 0) is 51.2 Å². The molecule has 0 saturated carbocycles. The molecule has 1 amide bonds. The average Bonchev–Trinajstić information content (AvgIpc) is 2.48. The fraction of sp³-hybridized carbons (Fsp3) is 0.316. The summed E-state index contributed by atoms with van der Waals surface area (Å²) >= 11 is 6.30. The van der Waals surface area contributed by atoms with E-state index in [1.54, 1.807) is 0 Å². The molecule has 1 atom stereocenters. The highest BCUT2D eigenvalue weighted by Crippen LogP contribution is 2.25. The Morgan fingerprint density at radius 3 is 2.48 bits per heavy atom. The second-order valence-corrected chi connectivity index (χ2v) is 6.44. The summed E-state index contributed by atoms with van der Waals surface area (Å²) in [6.45, 7) is 4.48. The van der Waals surface area contributed by atoms with E-state index in [1.165, 1.54) is 0 Å². The predicted molar refractivity (Wildman–Crippen MR) is 96.1 cm³/mol. The summed E-state index contributed by atoms with van der Waals surface area (Å²) in [7, 11) is 3.97. The van der Waals surface area contributed by atoms with E-state index in [-0.39, 0.29) is 11.9 Å². The molecule has 2 rings (SSSR count). The molecule has 3 nitrogen and oxygen atoms in total. The number of hydrogen-bond donors (Lipinski definition) is 1. The third-order valence-electron chi connectivity index (χ3n) is 3.97. The maximum absolute atomic E-state index is 12.5. The minimum absolute atomic E-state index is 0.0263. The second kappa shape index (κ2) is 7.62. The Hall–Kier alpha value is -1.84. The topological polar surface area (TPSA) is 32.3 Å². The molecule has 0 bridgehead atoms. The number of carbonyl (C=O) groups excluding carboxylic acids is 1. The highest BCUT2D eigenvalue weighted by atomic mass is 35.5. The number of aryl methyl sites for hydroxylation is 2. The van der Waals surface area contributed by atoms with E-state index in [0.29, 0.717) is 17.1 Å². The molecule has 0 saturated heterocycles. The van der Waals surface area contributed by atoms with Gasteiger partial charge in [-0.3, -0.25) is 4.79 Å². The van der Waals surface area contributed by atoms with Crippen molar-refractivity contribution in [3.05, 3.63) is 69.7 Å². The van der Waals surface area contributed by atoms with Gasteiger partial charge in [0.05, 0.1) is 6.04 Å². The van der Waals surface area contributed by atoms with Crippen molar-refractivity contribution < 1.29 is 4.79 Å². The van der Waals surface area contributed by atoms with Gasteiger partial charge in [-0.25, -0.2) is 0 Å². The number of hydrogen-bond acceptors (Lipinski definition) is 2. The van der Waals surface area contributed by atoms with Crippen LogP contribution in [0.25, 0.3) is 0 Å². The second-order valence-electron chi connectivity index (χ2n) is 6.03. The van der Waals surface area contributed by atoms with Gasteiger partial charge >= 0.3 is 0 Å². The zero-order valence-corrected chi connectivity index (χ0v) is 14.8. The van der Waals surface area contributed by atoms with Gasteiger partial charge in [-0.15, -0.1) is 0 Å². The van der Waals surface area contributed by atoms with Crippen LogP contribution in [0.1, 0.15) is 33.1 Å². The van der Waals surface area contributed by atoms with Crippen molar-refractivity contribution in [3.63, 3.8) is 0 Å². The van der Waals surface area contributed by atoms with Crippen molar-refractivity contribution in [2.24, 2.45) is 0 Å². The Morgan fingerprint density at radius 1 is 1.17 bits per heavy atom. The van der Waals surface area contributed by atoms with Gasteiger partial charge in [0, 0.05) is 17.1 Å².